The fourth-order valence-electron chi connectivity index (χ4n) is 1.77. The third kappa shape index (κ3) is 1.59. The van der Waals surface area contributed by atoms with Gasteiger partial charge in [-0.3, -0.25) is 0 Å². The molecule has 3 heterocycles. The zero-order chi connectivity index (χ0) is 11.0. The molecule has 0 unspecified atom stereocenters. The summed E-state index contributed by atoms with van der Waals surface area (Å²) >= 11 is 0. The minimum absolute atomic E-state index is 0.0637. The van der Waals surface area contributed by atoms with Gasteiger partial charge in [-0.25, -0.2) is 4.98 Å². The Hall–Kier alpha value is -1.73. The highest BCUT2D eigenvalue weighted by atomic mass is 16.5. The van der Waals surface area contributed by atoms with Gasteiger partial charge >= 0.3 is 0 Å². The van der Waals surface area contributed by atoms with Crippen molar-refractivity contribution in [1.29, 1.82) is 0 Å². The van der Waals surface area contributed by atoms with Crippen LogP contribution in [0.2, 0.25) is 0 Å². The van der Waals surface area contributed by atoms with Gasteiger partial charge in [-0.05, 0) is 6.42 Å². The number of rotatable bonds is 2. The lowest BCUT2D eigenvalue weighted by molar-refractivity contribution is 0.191. The van der Waals surface area contributed by atoms with Crippen LogP contribution in [0, 0.1) is 0 Å². The third-order valence-electron chi connectivity index (χ3n) is 2.56. The van der Waals surface area contributed by atoms with Crippen LogP contribution >= 0.6 is 0 Å². The number of β-amino-alcohol motifs (C(OH)–C–C–N with tert-alkyl or cyclic N) is 1. The molecule has 0 amide bonds. The van der Waals surface area contributed by atoms with Crippen molar-refractivity contribution in [3.8, 4) is 11.6 Å². The van der Waals surface area contributed by atoms with Crippen LogP contribution in [0.4, 0.5) is 0 Å². The molecule has 2 aromatic heterocycles. The van der Waals surface area contributed by atoms with Crippen LogP contribution < -0.4 is 5.32 Å². The normalized spacial score (nSPS) is 25.1. The van der Waals surface area contributed by atoms with Crippen LogP contribution in [0.25, 0.3) is 11.6 Å². The summed E-state index contributed by atoms with van der Waals surface area (Å²) in [5.74, 6) is 1.50. The quantitative estimate of drug-likeness (QED) is 0.652. The fourth-order valence-corrected chi connectivity index (χ4v) is 1.77. The van der Waals surface area contributed by atoms with Gasteiger partial charge in [0.1, 0.15) is 0 Å². The van der Waals surface area contributed by atoms with Gasteiger partial charge in [-0.15, -0.1) is 0 Å². The average molecular weight is 221 g/mol. The third-order valence-corrected chi connectivity index (χ3v) is 2.56. The smallest absolute Gasteiger partial charge is 0.244 e. The number of nitrogens with one attached hydrogen (secondary N) is 2. The lowest BCUT2D eigenvalue weighted by Crippen LogP contribution is -2.15. The molecule has 7 nitrogen and oxygen atoms in total. The van der Waals surface area contributed by atoms with Crippen LogP contribution in [0.5, 0.6) is 0 Å². The number of nitrogens with zero attached hydrogens (tertiary/aromatic N) is 3. The molecule has 7 heteroatoms. The van der Waals surface area contributed by atoms with E-state index in [1.807, 2.05) is 0 Å². The molecule has 84 valence electrons. The molecular weight excluding hydrogens is 210 g/mol. The van der Waals surface area contributed by atoms with E-state index in [1.54, 1.807) is 12.4 Å². The summed E-state index contributed by atoms with van der Waals surface area (Å²) in [6.45, 7) is 0.559. The molecule has 0 saturated carbocycles. The van der Waals surface area contributed by atoms with E-state index in [9.17, 15) is 5.11 Å². The Kier molecular flexibility index (Phi) is 2.19. The van der Waals surface area contributed by atoms with E-state index in [0.717, 1.165) is 0 Å². The van der Waals surface area contributed by atoms with Crippen molar-refractivity contribution in [3.05, 3.63) is 18.3 Å². The number of aliphatic hydroxyl groups excluding tert-OH is 1. The predicted molar refractivity (Wildman–Crippen MR) is 53.2 cm³/mol. The predicted octanol–water partition coefficient (Wildman–Crippen LogP) is -0.145. The number of hydrogen-bond acceptors (Lipinski definition) is 6. The summed E-state index contributed by atoms with van der Waals surface area (Å²) in [6.07, 6.45) is 3.58. The topological polar surface area (TPSA) is 99.9 Å². The Morgan fingerprint density at radius 2 is 2.44 bits per heavy atom. The van der Waals surface area contributed by atoms with Crippen molar-refractivity contribution in [1.82, 2.24) is 25.4 Å². The van der Waals surface area contributed by atoms with Crippen molar-refractivity contribution in [3.63, 3.8) is 0 Å². The molecule has 1 aliphatic heterocycles. The fraction of sp³-hybridized carbons (Fsp3) is 0.444. The molecule has 0 aromatic carbocycles. The highest BCUT2D eigenvalue weighted by Crippen LogP contribution is 2.23. The monoisotopic (exact) mass is 221 g/mol. The molecule has 3 rings (SSSR count). The number of H-pyrrole nitrogens is 1. The molecule has 1 saturated heterocycles. The Morgan fingerprint density at radius 1 is 1.50 bits per heavy atom. The maximum atomic E-state index is 9.38. The van der Waals surface area contributed by atoms with E-state index in [0.29, 0.717) is 30.5 Å². The van der Waals surface area contributed by atoms with Crippen LogP contribution in [-0.2, 0) is 0 Å². The van der Waals surface area contributed by atoms with Gasteiger partial charge in [0, 0.05) is 18.9 Å². The highest BCUT2D eigenvalue weighted by Gasteiger charge is 2.28. The standard InChI is InChI=1S/C9H11N5O2/c15-5-3-6(12-4-5)9-13-8(14-16-9)7-10-1-2-11-7/h1-2,5-6,12,15H,3-4H2,(H,10,11)/t5-,6-/m1/s1. The highest BCUT2D eigenvalue weighted by molar-refractivity contribution is 5.40. The molecular formula is C9H11N5O2. The second-order valence-corrected chi connectivity index (χ2v) is 3.74. The summed E-state index contributed by atoms with van der Waals surface area (Å²) in [5.41, 5.74) is 0. The summed E-state index contributed by atoms with van der Waals surface area (Å²) in [4.78, 5) is 11.2. The van der Waals surface area contributed by atoms with E-state index >= 15 is 0 Å². The minimum Gasteiger partial charge on any atom is -0.392 e. The molecule has 3 N–H and O–H groups in total. The number of aliphatic hydroxyl groups is 1. The van der Waals surface area contributed by atoms with Gasteiger partial charge in [0.05, 0.1) is 12.1 Å². The van der Waals surface area contributed by atoms with Crippen LogP contribution in [-0.4, -0.2) is 37.9 Å². The first kappa shape index (κ1) is 9.49. The van der Waals surface area contributed by atoms with E-state index in [1.165, 1.54) is 0 Å². The van der Waals surface area contributed by atoms with Gasteiger partial charge in [-0.1, -0.05) is 5.16 Å². The van der Waals surface area contributed by atoms with E-state index in [-0.39, 0.29) is 12.1 Å². The first-order chi connectivity index (χ1) is 7.83. The summed E-state index contributed by atoms with van der Waals surface area (Å²) in [7, 11) is 0. The molecule has 1 fully saturated rings. The summed E-state index contributed by atoms with van der Waals surface area (Å²) < 4.78 is 5.13. The molecule has 0 bridgehead atoms. The molecule has 16 heavy (non-hydrogen) atoms. The molecule has 2 atom stereocenters. The average Bonchev–Trinajstić information content (AvgIpc) is 2.97. The zero-order valence-electron chi connectivity index (χ0n) is 8.42. The molecule has 1 aliphatic rings. The van der Waals surface area contributed by atoms with Crippen molar-refractivity contribution >= 4 is 0 Å². The lowest BCUT2D eigenvalue weighted by Gasteiger charge is -2.01. The second kappa shape index (κ2) is 3.69. The van der Waals surface area contributed by atoms with Crippen molar-refractivity contribution < 1.29 is 9.63 Å². The van der Waals surface area contributed by atoms with Crippen LogP contribution in [0.3, 0.4) is 0 Å². The van der Waals surface area contributed by atoms with Gasteiger partial charge < -0.3 is 19.9 Å². The van der Waals surface area contributed by atoms with Crippen LogP contribution in [0.1, 0.15) is 18.4 Å². The number of aromatic amines is 1. The summed E-state index contributed by atoms with van der Waals surface area (Å²) in [6, 6.07) is -0.0637. The van der Waals surface area contributed by atoms with Gasteiger partial charge in [0.25, 0.3) is 0 Å². The van der Waals surface area contributed by atoms with E-state index in [4.69, 9.17) is 4.52 Å². The first-order valence-electron chi connectivity index (χ1n) is 5.08. The maximum absolute atomic E-state index is 9.38. The number of aromatic nitrogens is 4. The number of hydrogen-bond donors (Lipinski definition) is 3. The first-order valence-corrected chi connectivity index (χ1v) is 5.08. The largest absolute Gasteiger partial charge is 0.392 e. The van der Waals surface area contributed by atoms with Crippen molar-refractivity contribution in [2.24, 2.45) is 0 Å². The summed E-state index contributed by atoms with van der Waals surface area (Å²) in [5, 5.41) is 16.3. The van der Waals surface area contributed by atoms with Crippen molar-refractivity contribution in [2.45, 2.75) is 18.6 Å². The molecule has 0 aliphatic carbocycles. The van der Waals surface area contributed by atoms with E-state index < -0.39 is 0 Å². The Balaban J connectivity index is 1.83. The maximum Gasteiger partial charge on any atom is 0.244 e. The molecule has 0 spiro atoms. The van der Waals surface area contributed by atoms with Gasteiger partial charge in [-0.2, -0.15) is 4.98 Å². The van der Waals surface area contributed by atoms with Gasteiger partial charge in [0.15, 0.2) is 5.82 Å². The Labute approximate surface area is 90.9 Å². The minimum atomic E-state index is -0.344. The molecule has 0 radical (unpaired) electrons. The Bertz CT molecular complexity index is 466. The van der Waals surface area contributed by atoms with Crippen molar-refractivity contribution in [2.75, 3.05) is 6.54 Å². The lowest BCUT2D eigenvalue weighted by atomic mass is 10.2. The SMILES string of the molecule is O[C@H]1CN[C@@H](c2nc(-c3ncc[nH]3)no2)C1. The van der Waals surface area contributed by atoms with Crippen LogP contribution in [0.15, 0.2) is 16.9 Å². The second-order valence-electron chi connectivity index (χ2n) is 3.74. The number of imidazole rings is 1. The zero-order valence-corrected chi connectivity index (χ0v) is 8.42. The Morgan fingerprint density at radius 3 is 3.12 bits per heavy atom. The van der Waals surface area contributed by atoms with Gasteiger partial charge in [0.2, 0.25) is 11.7 Å². The van der Waals surface area contributed by atoms with E-state index in [2.05, 4.69) is 25.4 Å². The molecule has 2 aromatic rings.